The van der Waals surface area contributed by atoms with Crippen LogP contribution < -0.4 is 10.7 Å². The number of nitro groups is 1. The van der Waals surface area contributed by atoms with Crippen molar-refractivity contribution in [3.05, 3.63) is 81.6 Å². The number of halogens is 1. The number of rotatable bonds is 5. The molecular weight excluding hydrogens is 400 g/mol. The Hall–Kier alpha value is -3.98. The van der Waals surface area contributed by atoms with Gasteiger partial charge in [-0.15, -0.1) is 0 Å². The number of non-ortho nitro benzene ring substituents is 1. The standard InChI is InChI=1S/C19H13ClN4O5/c20-13-4-2-5-14(10-13)22-18(25)19(26)23-21-11-16-7-8-17(29-16)12-3-1-6-15(9-12)24(27)28/h1-11H,(H,22,25)(H,23,26)/b21-11+. The Morgan fingerprint density at radius 3 is 2.62 bits per heavy atom. The number of hydrogen-bond donors (Lipinski definition) is 2. The summed E-state index contributed by atoms with van der Waals surface area (Å²) in [5.41, 5.74) is 2.90. The molecule has 0 bridgehead atoms. The fourth-order valence-electron chi connectivity index (χ4n) is 2.31. The van der Waals surface area contributed by atoms with Gasteiger partial charge in [-0.1, -0.05) is 29.8 Å². The van der Waals surface area contributed by atoms with Crippen molar-refractivity contribution in [2.45, 2.75) is 0 Å². The summed E-state index contributed by atoms with van der Waals surface area (Å²) in [5.74, 6) is -1.23. The summed E-state index contributed by atoms with van der Waals surface area (Å²) >= 11 is 5.81. The first-order valence-corrected chi connectivity index (χ1v) is 8.55. The van der Waals surface area contributed by atoms with Gasteiger partial charge in [0.25, 0.3) is 5.69 Å². The lowest BCUT2D eigenvalue weighted by molar-refractivity contribution is -0.384. The van der Waals surface area contributed by atoms with Gasteiger partial charge < -0.3 is 9.73 Å². The first-order valence-electron chi connectivity index (χ1n) is 8.17. The highest BCUT2D eigenvalue weighted by atomic mass is 35.5. The number of benzene rings is 2. The van der Waals surface area contributed by atoms with Gasteiger partial charge >= 0.3 is 11.8 Å². The fourth-order valence-corrected chi connectivity index (χ4v) is 2.50. The molecular formula is C19H13ClN4O5. The number of carbonyl (C=O) groups excluding carboxylic acids is 2. The molecule has 0 spiro atoms. The smallest absolute Gasteiger partial charge is 0.329 e. The predicted molar refractivity (Wildman–Crippen MR) is 107 cm³/mol. The SMILES string of the molecule is O=C(N/N=C/c1ccc(-c2cccc([N+](=O)[O-])c2)o1)C(=O)Nc1cccc(Cl)c1. The van der Waals surface area contributed by atoms with Gasteiger partial charge in [-0.25, -0.2) is 5.43 Å². The van der Waals surface area contributed by atoms with Crippen LogP contribution in [-0.2, 0) is 9.59 Å². The second-order valence-electron chi connectivity index (χ2n) is 5.67. The van der Waals surface area contributed by atoms with Crippen LogP contribution in [0.3, 0.4) is 0 Å². The van der Waals surface area contributed by atoms with Crippen LogP contribution >= 0.6 is 11.6 Å². The van der Waals surface area contributed by atoms with Crippen molar-refractivity contribution in [2.24, 2.45) is 5.10 Å². The van der Waals surface area contributed by atoms with Gasteiger partial charge in [0.2, 0.25) is 0 Å². The molecule has 0 radical (unpaired) electrons. The molecule has 0 unspecified atom stereocenters. The number of hydrazone groups is 1. The summed E-state index contributed by atoms with van der Waals surface area (Å²) in [5, 5.41) is 17.3. The first kappa shape index (κ1) is 19.8. The van der Waals surface area contributed by atoms with Crippen LogP contribution in [0.15, 0.2) is 70.2 Å². The summed E-state index contributed by atoms with van der Waals surface area (Å²) in [6, 6.07) is 15.5. The van der Waals surface area contributed by atoms with E-state index in [-0.39, 0.29) is 11.4 Å². The summed E-state index contributed by atoms with van der Waals surface area (Å²) in [6.07, 6.45) is 1.20. The number of furan rings is 1. The number of nitrogens with zero attached hydrogens (tertiary/aromatic N) is 2. The molecule has 2 aromatic carbocycles. The van der Waals surface area contributed by atoms with Crippen LogP contribution in [0.1, 0.15) is 5.76 Å². The Bertz CT molecular complexity index is 1110. The van der Waals surface area contributed by atoms with Crippen molar-refractivity contribution < 1.29 is 18.9 Å². The van der Waals surface area contributed by atoms with E-state index < -0.39 is 16.7 Å². The molecule has 2 N–H and O–H groups in total. The van der Waals surface area contributed by atoms with Crippen LogP contribution in [-0.4, -0.2) is 23.0 Å². The third kappa shape index (κ3) is 5.27. The van der Waals surface area contributed by atoms with Crippen LogP contribution in [0.4, 0.5) is 11.4 Å². The Labute approximate surface area is 169 Å². The molecule has 2 amide bonds. The number of hydrogen-bond acceptors (Lipinski definition) is 6. The van der Waals surface area contributed by atoms with Crippen molar-refractivity contribution in [2.75, 3.05) is 5.32 Å². The lowest BCUT2D eigenvalue weighted by atomic mass is 10.1. The monoisotopic (exact) mass is 412 g/mol. The summed E-state index contributed by atoms with van der Waals surface area (Å²) in [6.45, 7) is 0. The zero-order valence-electron chi connectivity index (χ0n) is 14.7. The average molecular weight is 413 g/mol. The highest BCUT2D eigenvalue weighted by molar-refractivity contribution is 6.39. The summed E-state index contributed by atoms with van der Waals surface area (Å²) in [4.78, 5) is 34.0. The van der Waals surface area contributed by atoms with E-state index in [2.05, 4.69) is 15.8 Å². The molecule has 9 nitrogen and oxygen atoms in total. The number of nitro benzene ring substituents is 1. The second kappa shape index (κ2) is 8.81. The van der Waals surface area contributed by atoms with E-state index in [4.69, 9.17) is 16.0 Å². The van der Waals surface area contributed by atoms with Crippen molar-refractivity contribution in [3.63, 3.8) is 0 Å². The topological polar surface area (TPSA) is 127 Å². The lowest BCUT2D eigenvalue weighted by Crippen LogP contribution is -2.32. The Kier molecular flexibility index (Phi) is 6.00. The van der Waals surface area contributed by atoms with Crippen LogP contribution in [0, 0.1) is 10.1 Å². The molecule has 0 aliphatic heterocycles. The number of amides is 2. The molecule has 3 rings (SSSR count). The normalized spacial score (nSPS) is 10.7. The maximum atomic E-state index is 11.8. The van der Waals surface area contributed by atoms with E-state index in [0.29, 0.717) is 22.0 Å². The van der Waals surface area contributed by atoms with Gasteiger partial charge in [0.1, 0.15) is 11.5 Å². The van der Waals surface area contributed by atoms with Crippen molar-refractivity contribution in [1.29, 1.82) is 0 Å². The number of nitrogens with one attached hydrogen (secondary N) is 2. The number of carbonyl (C=O) groups is 2. The minimum atomic E-state index is -0.980. The van der Waals surface area contributed by atoms with Crippen molar-refractivity contribution in [1.82, 2.24) is 5.43 Å². The molecule has 1 aromatic heterocycles. The maximum Gasteiger partial charge on any atom is 0.329 e. The van der Waals surface area contributed by atoms with E-state index in [9.17, 15) is 19.7 Å². The van der Waals surface area contributed by atoms with E-state index in [1.165, 1.54) is 24.4 Å². The molecule has 1 heterocycles. The molecule has 146 valence electrons. The third-order valence-electron chi connectivity index (χ3n) is 3.61. The van der Waals surface area contributed by atoms with Crippen molar-refractivity contribution in [3.8, 4) is 11.3 Å². The van der Waals surface area contributed by atoms with Gasteiger partial charge in [-0.05, 0) is 30.3 Å². The van der Waals surface area contributed by atoms with Crippen molar-refractivity contribution >= 4 is 41.0 Å². The Balaban J connectivity index is 1.59. The van der Waals surface area contributed by atoms with Gasteiger partial charge in [0.05, 0.1) is 11.1 Å². The molecule has 0 aliphatic carbocycles. The highest BCUT2D eigenvalue weighted by Crippen LogP contribution is 2.25. The zero-order valence-corrected chi connectivity index (χ0v) is 15.4. The molecule has 0 fully saturated rings. The molecule has 3 aromatic rings. The molecule has 0 saturated heterocycles. The maximum absolute atomic E-state index is 11.8. The molecule has 0 saturated carbocycles. The fraction of sp³-hybridized carbons (Fsp3) is 0. The predicted octanol–water partition coefficient (Wildman–Crippen LogP) is 3.60. The van der Waals surface area contributed by atoms with Gasteiger partial charge in [-0.3, -0.25) is 19.7 Å². The highest BCUT2D eigenvalue weighted by Gasteiger charge is 2.13. The number of anilines is 1. The second-order valence-corrected chi connectivity index (χ2v) is 6.11. The summed E-state index contributed by atoms with van der Waals surface area (Å²) < 4.78 is 5.52. The quantitative estimate of drug-likeness (QED) is 0.286. The molecule has 10 heteroatoms. The average Bonchev–Trinajstić information content (AvgIpc) is 3.17. The zero-order chi connectivity index (χ0) is 20.8. The largest absolute Gasteiger partial charge is 0.455 e. The Morgan fingerprint density at radius 1 is 1.07 bits per heavy atom. The Morgan fingerprint density at radius 2 is 1.86 bits per heavy atom. The van der Waals surface area contributed by atoms with E-state index >= 15 is 0 Å². The van der Waals surface area contributed by atoms with Crippen LogP contribution in [0.2, 0.25) is 5.02 Å². The summed E-state index contributed by atoms with van der Waals surface area (Å²) in [7, 11) is 0. The molecule has 29 heavy (non-hydrogen) atoms. The van der Waals surface area contributed by atoms with Gasteiger partial charge in [0.15, 0.2) is 0 Å². The van der Waals surface area contributed by atoms with E-state index in [1.54, 1.807) is 42.5 Å². The van der Waals surface area contributed by atoms with E-state index in [0.717, 1.165) is 0 Å². The van der Waals surface area contributed by atoms with Crippen LogP contribution in [0.5, 0.6) is 0 Å². The van der Waals surface area contributed by atoms with Gasteiger partial charge in [-0.2, -0.15) is 5.10 Å². The molecule has 0 atom stereocenters. The van der Waals surface area contributed by atoms with Gasteiger partial charge in [0, 0.05) is 28.4 Å². The van der Waals surface area contributed by atoms with E-state index in [1.807, 2.05) is 0 Å². The third-order valence-corrected chi connectivity index (χ3v) is 3.85. The lowest BCUT2D eigenvalue weighted by Gasteiger charge is -2.03. The van der Waals surface area contributed by atoms with Crippen LogP contribution in [0.25, 0.3) is 11.3 Å². The minimum Gasteiger partial charge on any atom is -0.455 e. The first-order chi connectivity index (χ1) is 13.9. The molecule has 0 aliphatic rings. The minimum absolute atomic E-state index is 0.0629.